The van der Waals surface area contributed by atoms with Gasteiger partial charge in [0.2, 0.25) is 0 Å². The van der Waals surface area contributed by atoms with Crippen LogP contribution < -0.4 is 0 Å². The van der Waals surface area contributed by atoms with E-state index in [2.05, 4.69) is 64.7 Å². The van der Waals surface area contributed by atoms with Crippen LogP contribution in [0.1, 0.15) is 11.1 Å². The van der Waals surface area contributed by atoms with Gasteiger partial charge in [0, 0.05) is 39.8 Å². The number of nitrogens with zero attached hydrogens (tertiary/aromatic N) is 4. The number of aryl methyl sites for hydroxylation is 1. The summed E-state index contributed by atoms with van der Waals surface area (Å²) in [5.74, 6) is 0. The molecule has 0 amide bonds. The van der Waals surface area contributed by atoms with E-state index in [1.54, 1.807) is 0 Å². The van der Waals surface area contributed by atoms with Gasteiger partial charge in [-0.05, 0) is 30.3 Å². The Labute approximate surface area is 178 Å². The van der Waals surface area contributed by atoms with Crippen molar-refractivity contribution in [1.82, 2.24) is 9.13 Å². The van der Waals surface area contributed by atoms with Crippen molar-refractivity contribution in [2.75, 3.05) is 0 Å². The minimum atomic E-state index is 0.592. The van der Waals surface area contributed by atoms with Gasteiger partial charge in [-0.3, -0.25) is 0 Å². The van der Waals surface area contributed by atoms with Gasteiger partial charge in [-0.25, -0.2) is 0 Å². The zero-order valence-corrected chi connectivity index (χ0v) is 16.8. The van der Waals surface area contributed by atoms with E-state index in [1.165, 1.54) is 16.3 Å². The van der Waals surface area contributed by atoms with Gasteiger partial charge in [-0.2, -0.15) is 10.5 Å². The first kappa shape index (κ1) is 17.3. The Morgan fingerprint density at radius 1 is 0.613 bits per heavy atom. The lowest BCUT2D eigenvalue weighted by molar-refractivity contribution is 1.01. The smallest absolute Gasteiger partial charge is 0.101 e. The van der Waals surface area contributed by atoms with Crippen molar-refractivity contribution in [3.8, 4) is 17.8 Å². The summed E-state index contributed by atoms with van der Waals surface area (Å²) in [5, 5.41) is 24.0. The van der Waals surface area contributed by atoms with Gasteiger partial charge in [0.25, 0.3) is 0 Å². The van der Waals surface area contributed by atoms with Crippen LogP contribution in [0, 0.1) is 22.7 Å². The van der Waals surface area contributed by atoms with E-state index in [9.17, 15) is 10.5 Å². The van der Waals surface area contributed by atoms with Crippen LogP contribution in [0.2, 0.25) is 0 Å². The number of fused-ring (bicyclic) bond motifs is 6. The summed E-state index contributed by atoms with van der Waals surface area (Å²) in [4.78, 5) is 0. The molecule has 0 bridgehead atoms. The fourth-order valence-corrected chi connectivity index (χ4v) is 4.84. The van der Waals surface area contributed by atoms with Crippen molar-refractivity contribution in [2.24, 2.45) is 7.05 Å². The van der Waals surface area contributed by atoms with Crippen LogP contribution in [0.15, 0.2) is 78.9 Å². The summed E-state index contributed by atoms with van der Waals surface area (Å²) < 4.78 is 4.26. The van der Waals surface area contributed by atoms with Crippen molar-refractivity contribution < 1.29 is 0 Å². The zero-order chi connectivity index (χ0) is 21.1. The van der Waals surface area contributed by atoms with E-state index in [0.29, 0.717) is 11.1 Å². The van der Waals surface area contributed by atoms with Crippen molar-refractivity contribution in [2.45, 2.75) is 0 Å². The Morgan fingerprint density at radius 3 is 1.84 bits per heavy atom. The highest BCUT2D eigenvalue weighted by Gasteiger charge is 2.19. The van der Waals surface area contributed by atoms with E-state index in [1.807, 2.05) is 42.5 Å². The standard InChI is InChI=1S/C27H16N4/c1-30-24-11-3-2-8-20(24)21-13-12-19(14-25(21)30)31-26-17(15-28)6-4-9-22(26)23-10-5-7-18(16-29)27(23)31/h2-14H,1H3. The Balaban J connectivity index is 1.82. The SMILES string of the molecule is Cn1c2ccccc2c2ccc(-n3c4c(C#N)cccc4c4cccc(C#N)c43)cc21. The Morgan fingerprint density at radius 2 is 1.19 bits per heavy atom. The van der Waals surface area contributed by atoms with E-state index in [-0.39, 0.29) is 0 Å². The molecule has 0 fully saturated rings. The number of rotatable bonds is 1. The minimum absolute atomic E-state index is 0.592. The molecule has 4 heteroatoms. The van der Waals surface area contributed by atoms with Gasteiger partial charge >= 0.3 is 0 Å². The second-order valence-corrected chi connectivity index (χ2v) is 7.74. The fourth-order valence-electron chi connectivity index (χ4n) is 4.84. The van der Waals surface area contributed by atoms with Crippen LogP contribution in [0.3, 0.4) is 0 Å². The van der Waals surface area contributed by atoms with Gasteiger partial charge in [-0.15, -0.1) is 0 Å². The monoisotopic (exact) mass is 396 g/mol. The molecule has 0 atom stereocenters. The van der Waals surface area contributed by atoms with Gasteiger partial charge in [0.05, 0.1) is 27.7 Å². The fraction of sp³-hybridized carbons (Fsp3) is 0.0370. The highest BCUT2D eigenvalue weighted by molar-refractivity contribution is 6.13. The summed E-state index contributed by atoms with van der Waals surface area (Å²) in [5.41, 5.74) is 6.07. The number of hydrogen-bond acceptors (Lipinski definition) is 2. The summed E-state index contributed by atoms with van der Waals surface area (Å²) in [6, 6.07) is 30.9. The van der Waals surface area contributed by atoms with E-state index >= 15 is 0 Å². The molecule has 31 heavy (non-hydrogen) atoms. The molecule has 0 radical (unpaired) electrons. The van der Waals surface area contributed by atoms with E-state index in [4.69, 9.17) is 0 Å². The molecule has 2 heterocycles. The molecule has 6 aromatic rings. The molecule has 6 rings (SSSR count). The Bertz CT molecular complexity index is 1700. The number of para-hydroxylation sites is 3. The van der Waals surface area contributed by atoms with Crippen LogP contribution in [0.25, 0.3) is 49.3 Å². The largest absolute Gasteiger partial charge is 0.344 e. The highest BCUT2D eigenvalue weighted by Crippen LogP contribution is 2.37. The second kappa shape index (κ2) is 6.23. The third kappa shape index (κ3) is 2.22. The molecule has 0 N–H and O–H groups in total. The molecule has 2 aromatic heterocycles. The van der Waals surface area contributed by atoms with Crippen LogP contribution in [-0.2, 0) is 7.05 Å². The topological polar surface area (TPSA) is 57.4 Å². The molecule has 0 saturated carbocycles. The maximum Gasteiger partial charge on any atom is 0.101 e. The molecule has 0 unspecified atom stereocenters. The average Bonchev–Trinajstić information content (AvgIpc) is 3.31. The van der Waals surface area contributed by atoms with Gasteiger partial charge in [0.15, 0.2) is 0 Å². The molecule has 4 aromatic carbocycles. The predicted molar refractivity (Wildman–Crippen MR) is 124 cm³/mol. The van der Waals surface area contributed by atoms with Gasteiger partial charge < -0.3 is 9.13 Å². The van der Waals surface area contributed by atoms with E-state index in [0.717, 1.165) is 33.0 Å². The quantitative estimate of drug-likeness (QED) is 0.334. The van der Waals surface area contributed by atoms with Crippen molar-refractivity contribution >= 4 is 43.6 Å². The third-order valence-corrected chi connectivity index (χ3v) is 6.21. The summed E-state index contributed by atoms with van der Waals surface area (Å²) in [6.45, 7) is 0. The third-order valence-electron chi connectivity index (χ3n) is 6.21. The molecule has 144 valence electrons. The van der Waals surface area contributed by atoms with Crippen molar-refractivity contribution in [3.63, 3.8) is 0 Å². The van der Waals surface area contributed by atoms with Crippen LogP contribution in [-0.4, -0.2) is 9.13 Å². The molecule has 0 saturated heterocycles. The molecule has 0 spiro atoms. The van der Waals surface area contributed by atoms with Crippen molar-refractivity contribution in [3.05, 3.63) is 90.0 Å². The Kier molecular flexibility index (Phi) is 3.48. The Hall–Kier alpha value is -4.54. The maximum atomic E-state index is 9.84. The van der Waals surface area contributed by atoms with Gasteiger partial charge in [-0.1, -0.05) is 48.5 Å². The predicted octanol–water partition coefficient (Wildman–Crippen LogP) is 6.17. The maximum absolute atomic E-state index is 9.84. The van der Waals surface area contributed by atoms with E-state index < -0.39 is 0 Å². The number of hydrogen-bond donors (Lipinski definition) is 0. The lowest BCUT2D eigenvalue weighted by Gasteiger charge is -2.10. The normalized spacial score (nSPS) is 11.3. The molecule has 0 aliphatic rings. The number of benzene rings is 4. The molecule has 0 aliphatic carbocycles. The molecule has 4 nitrogen and oxygen atoms in total. The number of aromatic nitrogens is 2. The van der Waals surface area contributed by atoms with Crippen LogP contribution >= 0.6 is 0 Å². The summed E-state index contributed by atoms with van der Waals surface area (Å²) in [7, 11) is 2.07. The first-order chi connectivity index (χ1) is 15.2. The molecule has 0 aliphatic heterocycles. The number of nitriles is 2. The second-order valence-electron chi connectivity index (χ2n) is 7.74. The lowest BCUT2D eigenvalue weighted by Crippen LogP contribution is -1.98. The summed E-state index contributed by atoms with van der Waals surface area (Å²) in [6.07, 6.45) is 0. The van der Waals surface area contributed by atoms with Crippen LogP contribution in [0.4, 0.5) is 0 Å². The molecular formula is C27H16N4. The molecular weight excluding hydrogens is 380 g/mol. The lowest BCUT2D eigenvalue weighted by atomic mass is 10.1. The first-order valence-corrected chi connectivity index (χ1v) is 10.1. The minimum Gasteiger partial charge on any atom is -0.344 e. The average molecular weight is 396 g/mol. The first-order valence-electron chi connectivity index (χ1n) is 10.1. The van der Waals surface area contributed by atoms with Crippen molar-refractivity contribution in [1.29, 1.82) is 10.5 Å². The van der Waals surface area contributed by atoms with Crippen LogP contribution in [0.5, 0.6) is 0 Å². The zero-order valence-electron chi connectivity index (χ0n) is 16.8. The highest BCUT2D eigenvalue weighted by atomic mass is 15.0. The summed E-state index contributed by atoms with van der Waals surface area (Å²) >= 11 is 0. The van der Waals surface area contributed by atoms with Gasteiger partial charge in [0.1, 0.15) is 12.1 Å².